The molecule has 8 heteroatoms. The van der Waals surface area contributed by atoms with Crippen molar-refractivity contribution in [3.63, 3.8) is 0 Å². The molecule has 1 aliphatic carbocycles. The average Bonchev–Trinajstić information content (AvgIpc) is 3.47. The van der Waals surface area contributed by atoms with Crippen molar-refractivity contribution in [1.29, 1.82) is 0 Å². The molecular weight excluding hydrogens is 592 g/mol. The van der Waals surface area contributed by atoms with Crippen LogP contribution >= 0.6 is 12.4 Å². The van der Waals surface area contributed by atoms with Gasteiger partial charge < -0.3 is 10.2 Å². The summed E-state index contributed by atoms with van der Waals surface area (Å²) in [6.07, 6.45) is 14.5. The highest BCUT2D eigenvalue weighted by atomic mass is 35.5. The monoisotopic (exact) mass is 643 g/mol. The van der Waals surface area contributed by atoms with Crippen LogP contribution in [0.4, 0.5) is 8.78 Å². The second kappa shape index (κ2) is 17.5. The van der Waals surface area contributed by atoms with Gasteiger partial charge in [0.2, 0.25) is 11.8 Å². The van der Waals surface area contributed by atoms with Crippen LogP contribution in [0.1, 0.15) is 88.2 Å². The van der Waals surface area contributed by atoms with E-state index < -0.39 is 0 Å². The summed E-state index contributed by atoms with van der Waals surface area (Å²) in [4.78, 5) is 29.1. The fourth-order valence-electron chi connectivity index (χ4n) is 7.77. The van der Waals surface area contributed by atoms with E-state index in [2.05, 4.69) is 10.2 Å². The van der Waals surface area contributed by atoms with Gasteiger partial charge in [-0.15, -0.1) is 12.4 Å². The van der Waals surface area contributed by atoms with Gasteiger partial charge in [0.1, 0.15) is 11.6 Å². The molecule has 6 rings (SSSR count). The molecule has 1 spiro atoms. The molecular formula is C37H52ClF2N3O2. The summed E-state index contributed by atoms with van der Waals surface area (Å²) >= 11 is 0. The Hall–Kier alpha value is -2.35. The number of piperidine rings is 3. The SMILES string of the molecule is Cl.Fc1ccc(CC2CCNCC2)cc1.O=C1CC2(CCCC2)CC(=O)N1CCCCN1CCC(Cc2ccc(F)cc2)CC1. The van der Waals surface area contributed by atoms with Crippen molar-refractivity contribution in [3.8, 4) is 0 Å². The van der Waals surface area contributed by atoms with Crippen LogP contribution < -0.4 is 5.32 Å². The summed E-state index contributed by atoms with van der Waals surface area (Å²) in [5, 5.41) is 3.35. The molecule has 45 heavy (non-hydrogen) atoms. The first-order valence-corrected chi connectivity index (χ1v) is 17.1. The maximum Gasteiger partial charge on any atom is 0.229 e. The summed E-state index contributed by atoms with van der Waals surface area (Å²) in [5.41, 5.74) is 2.49. The largest absolute Gasteiger partial charge is 0.317 e. The first-order chi connectivity index (χ1) is 21.4. The molecule has 4 fully saturated rings. The lowest BCUT2D eigenvalue weighted by Gasteiger charge is -2.37. The van der Waals surface area contributed by atoms with Crippen LogP contribution in [0.25, 0.3) is 0 Å². The van der Waals surface area contributed by atoms with Crippen molar-refractivity contribution in [2.75, 3.05) is 39.3 Å². The number of nitrogens with one attached hydrogen (secondary N) is 1. The van der Waals surface area contributed by atoms with E-state index in [9.17, 15) is 18.4 Å². The Morgan fingerprint density at radius 2 is 1.16 bits per heavy atom. The first kappa shape index (κ1) is 35.5. The summed E-state index contributed by atoms with van der Waals surface area (Å²) in [6.45, 7) is 6.11. The Bertz CT molecular complexity index is 1170. The predicted molar refractivity (Wildman–Crippen MR) is 178 cm³/mol. The zero-order valence-electron chi connectivity index (χ0n) is 26.8. The fraction of sp³-hybridized carbons (Fsp3) is 0.622. The van der Waals surface area contributed by atoms with Crippen LogP contribution in [0.3, 0.4) is 0 Å². The molecule has 4 aliphatic rings. The molecule has 248 valence electrons. The van der Waals surface area contributed by atoms with Gasteiger partial charge in [0.15, 0.2) is 0 Å². The number of carbonyl (C=O) groups excluding carboxylic acids is 2. The average molecular weight is 644 g/mol. The van der Waals surface area contributed by atoms with E-state index >= 15 is 0 Å². The Balaban J connectivity index is 0.000000258. The molecule has 2 aromatic rings. The van der Waals surface area contributed by atoms with Crippen molar-refractivity contribution in [2.45, 2.75) is 89.9 Å². The number of hydrogen-bond donors (Lipinski definition) is 1. The third kappa shape index (κ3) is 10.9. The Morgan fingerprint density at radius 3 is 1.67 bits per heavy atom. The quantitative estimate of drug-likeness (QED) is 0.229. The number of benzene rings is 2. The van der Waals surface area contributed by atoms with E-state index in [4.69, 9.17) is 0 Å². The summed E-state index contributed by atoms with van der Waals surface area (Å²) < 4.78 is 25.7. The molecule has 1 saturated carbocycles. The van der Waals surface area contributed by atoms with Crippen LogP contribution in [-0.2, 0) is 22.4 Å². The molecule has 1 N–H and O–H groups in total. The van der Waals surface area contributed by atoms with E-state index in [1.165, 1.54) is 49.7 Å². The Kier molecular flexibility index (Phi) is 13.8. The minimum atomic E-state index is -0.167. The van der Waals surface area contributed by atoms with E-state index in [1.54, 1.807) is 29.2 Å². The second-order valence-corrected chi connectivity index (χ2v) is 13.8. The van der Waals surface area contributed by atoms with Gasteiger partial charge in [-0.25, -0.2) is 8.78 Å². The fourth-order valence-corrected chi connectivity index (χ4v) is 7.77. The lowest BCUT2D eigenvalue weighted by atomic mass is 9.76. The second-order valence-electron chi connectivity index (χ2n) is 13.8. The maximum absolute atomic E-state index is 13.0. The molecule has 3 heterocycles. The number of imide groups is 1. The third-order valence-corrected chi connectivity index (χ3v) is 10.5. The van der Waals surface area contributed by atoms with E-state index in [1.807, 2.05) is 24.3 Å². The summed E-state index contributed by atoms with van der Waals surface area (Å²) in [6, 6.07) is 13.8. The Morgan fingerprint density at radius 1 is 0.689 bits per heavy atom. The van der Waals surface area contributed by atoms with Gasteiger partial charge in [0, 0.05) is 19.4 Å². The molecule has 2 amide bonds. The van der Waals surface area contributed by atoms with Gasteiger partial charge in [-0.1, -0.05) is 37.1 Å². The molecule has 2 aromatic carbocycles. The number of amides is 2. The van der Waals surface area contributed by atoms with Gasteiger partial charge in [0.25, 0.3) is 0 Å². The zero-order chi connectivity index (χ0) is 30.8. The van der Waals surface area contributed by atoms with Gasteiger partial charge in [0.05, 0.1) is 0 Å². The normalized spacial score (nSPS) is 21.0. The number of halogens is 3. The van der Waals surface area contributed by atoms with Crippen molar-refractivity contribution in [1.82, 2.24) is 15.1 Å². The smallest absolute Gasteiger partial charge is 0.229 e. The number of unbranched alkanes of at least 4 members (excludes halogenated alkanes) is 1. The minimum absolute atomic E-state index is 0. The highest BCUT2D eigenvalue weighted by Crippen LogP contribution is 2.46. The van der Waals surface area contributed by atoms with Crippen molar-refractivity contribution >= 4 is 24.2 Å². The van der Waals surface area contributed by atoms with Crippen LogP contribution in [-0.4, -0.2) is 60.9 Å². The van der Waals surface area contributed by atoms with Gasteiger partial charge in [-0.2, -0.15) is 0 Å². The molecule has 0 atom stereocenters. The topological polar surface area (TPSA) is 52.7 Å². The molecule has 0 aromatic heterocycles. The van der Waals surface area contributed by atoms with E-state index in [0.29, 0.717) is 25.3 Å². The third-order valence-electron chi connectivity index (χ3n) is 10.5. The van der Waals surface area contributed by atoms with Crippen molar-refractivity contribution < 1.29 is 18.4 Å². The highest BCUT2D eigenvalue weighted by molar-refractivity contribution is 5.98. The molecule has 5 nitrogen and oxygen atoms in total. The minimum Gasteiger partial charge on any atom is -0.317 e. The molecule has 3 aliphatic heterocycles. The van der Waals surface area contributed by atoms with Crippen molar-refractivity contribution in [2.24, 2.45) is 17.3 Å². The highest BCUT2D eigenvalue weighted by Gasteiger charge is 2.44. The summed E-state index contributed by atoms with van der Waals surface area (Å²) in [5.74, 6) is 1.28. The van der Waals surface area contributed by atoms with E-state index in [0.717, 1.165) is 77.2 Å². The predicted octanol–water partition coefficient (Wildman–Crippen LogP) is 7.36. The lowest BCUT2D eigenvalue weighted by Crippen LogP contribution is -2.47. The number of carbonyl (C=O) groups is 2. The van der Waals surface area contributed by atoms with Crippen LogP contribution in [0.5, 0.6) is 0 Å². The van der Waals surface area contributed by atoms with Crippen LogP contribution in [0, 0.1) is 28.9 Å². The molecule has 0 unspecified atom stereocenters. The number of likely N-dealkylation sites (tertiary alicyclic amines) is 2. The van der Waals surface area contributed by atoms with Crippen LogP contribution in [0.2, 0.25) is 0 Å². The van der Waals surface area contributed by atoms with Gasteiger partial charge in [-0.3, -0.25) is 14.5 Å². The van der Waals surface area contributed by atoms with Crippen LogP contribution in [0.15, 0.2) is 48.5 Å². The summed E-state index contributed by atoms with van der Waals surface area (Å²) in [7, 11) is 0. The van der Waals surface area contributed by atoms with E-state index in [-0.39, 0.29) is 41.3 Å². The number of hydrogen-bond acceptors (Lipinski definition) is 4. The molecule has 0 bridgehead atoms. The van der Waals surface area contributed by atoms with Crippen molar-refractivity contribution in [3.05, 3.63) is 71.3 Å². The first-order valence-electron chi connectivity index (χ1n) is 17.1. The van der Waals surface area contributed by atoms with Gasteiger partial charge in [-0.05, 0) is 150 Å². The molecule has 0 radical (unpaired) electrons. The number of nitrogens with zero attached hydrogens (tertiary/aromatic N) is 2. The lowest BCUT2D eigenvalue weighted by molar-refractivity contribution is -0.153. The standard InChI is InChI=1S/C25H35FN2O2.C12H16FN.ClH/c26-22-7-5-20(6-8-22)17-21-9-15-27(16-10-21)13-3-4-14-28-23(29)18-25(19-24(28)30)11-1-2-12-25;13-12-3-1-10(2-4-12)9-11-5-7-14-8-6-11;/h5-8,21H,1-4,9-19H2;1-4,11,14H,5-9H2;1H. The maximum atomic E-state index is 13.0. The molecule has 3 saturated heterocycles. The zero-order valence-corrected chi connectivity index (χ0v) is 27.6. The Labute approximate surface area is 274 Å². The number of rotatable bonds is 9. The van der Waals surface area contributed by atoms with Gasteiger partial charge >= 0.3 is 0 Å².